The van der Waals surface area contributed by atoms with Crippen molar-refractivity contribution >= 4 is 17.1 Å². The molecule has 1 saturated heterocycles. The molecule has 3 rings (SSSR count). The molecule has 96 valence electrons. The fourth-order valence-corrected chi connectivity index (χ4v) is 2.20. The van der Waals surface area contributed by atoms with Crippen LogP contribution < -0.4 is 10.5 Å². The third-order valence-corrected chi connectivity index (χ3v) is 3.05. The van der Waals surface area contributed by atoms with Crippen LogP contribution >= 0.6 is 0 Å². The number of rotatable bonds is 2. The Hall–Kier alpha value is -1.89. The minimum atomic E-state index is -0.0447. The fraction of sp³-hybridized carbons (Fsp3) is 0.545. The molecule has 2 aromatic rings. The van der Waals surface area contributed by atoms with Crippen molar-refractivity contribution in [3.05, 3.63) is 5.69 Å². The molecule has 1 fully saturated rings. The molecule has 0 saturated carbocycles. The number of methoxy groups -OCH3 is 1. The number of nitrogen functional groups attached to an aromatic ring is 1. The number of hydrogen-bond donors (Lipinski definition) is 2. The summed E-state index contributed by atoms with van der Waals surface area (Å²) in [5, 5.41) is 0. The zero-order valence-corrected chi connectivity index (χ0v) is 10.1. The molecule has 1 aliphatic rings. The van der Waals surface area contributed by atoms with E-state index in [1.165, 1.54) is 0 Å². The highest BCUT2D eigenvalue weighted by Gasteiger charge is 2.23. The molecule has 3 heterocycles. The summed E-state index contributed by atoms with van der Waals surface area (Å²) in [6.07, 6.45) is 3.11. The van der Waals surface area contributed by atoms with Crippen LogP contribution in [0.5, 0.6) is 6.01 Å². The number of fused-ring (bicyclic) bond motifs is 1. The van der Waals surface area contributed by atoms with E-state index in [0.717, 1.165) is 37.1 Å². The first-order valence-electron chi connectivity index (χ1n) is 5.96. The van der Waals surface area contributed by atoms with E-state index in [1.807, 2.05) is 0 Å². The highest BCUT2D eigenvalue weighted by molar-refractivity contribution is 5.75. The van der Waals surface area contributed by atoms with Crippen LogP contribution in [0.3, 0.4) is 0 Å². The molecule has 1 atom stereocenters. The highest BCUT2D eigenvalue weighted by Crippen LogP contribution is 2.31. The first-order chi connectivity index (χ1) is 8.78. The van der Waals surface area contributed by atoms with Gasteiger partial charge in [-0.05, 0) is 19.3 Å². The molecular formula is C11H15N5O2. The van der Waals surface area contributed by atoms with Crippen molar-refractivity contribution < 1.29 is 9.47 Å². The van der Waals surface area contributed by atoms with E-state index in [1.54, 1.807) is 7.11 Å². The van der Waals surface area contributed by atoms with Gasteiger partial charge in [0.05, 0.1) is 7.11 Å². The first-order valence-corrected chi connectivity index (χ1v) is 5.96. The maximum atomic E-state index is 5.74. The van der Waals surface area contributed by atoms with Gasteiger partial charge in [-0.3, -0.25) is 0 Å². The maximum absolute atomic E-state index is 5.74. The average Bonchev–Trinajstić information content (AvgIpc) is 2.81. The maximum Gasteiger partial charge on any atom is 0.295 e. The number of imidazole rings is 1. The Balaban J connectivity index is 2.10. The van der Waals surface area contributed by atoms with Gasteiger partial charge in [0.25, 0.3) is 6.01 Å². The van der Waals surface area contributed by atoms with E-state index in [-0.39, 0.29) is 12.1 Å². The minimum Gasteiger partial charge on any atom is -0.468 e. The average molecular weight is 249 g/mol. The van der Waals surface area contributed by atoms with Gasteiger partial charge >= 0.3 is 0 Å². The van der Waals surface area contributed by atoms with Gasteiger partial charge in [0, 0.05) is 6.61 Å². The monoisotopic (exact) mass is 249 g/mol. The summed E-state index contributed by atoms with van der Waals surface area (Å²) in [6.45, 7) is 0.751. The molecule has 0 bridgehead atoms. The zero-order chi connectivity index (χ0) is 12.5. The summed E-state index contributed by atoms with van der Waals surface area (Å²) in [5.41, 5.74) is 7.74. The lowest BCUT2D eigenvalue weighted by molar-refractivity contribution is 0.0132. The molecule has 0 aliphatic carbocycles. The molecular weight excluding hydrogens is 234 g/mol. The number of anilines is 1. The quantitative estimate of drug-likeness (QED) is 0.829. The molecule has 0 spiro atoms. The van der Waals surface area contributed by atoms with Gasteiger partial charge in [-0.1, -0.05) is 0 Å². The second-order valence-corrected chi connectivity index (χ2v) is 4.27. The van der Waals surface area contributed by atoms with E-state index in [4.69, 9.17) is 15.2 Å². The third-order valence-electron chi connectivity index (χ3n) is 3.05. The molecule has 7 nitrogen and oxygen atoms in total. The smallest absolute Gasteiger partial charge is 0.295 e. The van der Waals surface area contributed by atoms with Gasteiger partial charge in [0.15, 0.2) is 5.65 Å². The van der Waals surface area contributed by atoms with Gasteiger partial charge in [-0.2, -0.15) is 9.97 Å². The number of ether oxygens (including phenoxy) is 2. The number of aromatic nitrogens is 4. The molecule has 18 heavy (non-hydrogen) atoms. The van der Waals surface area contributed by atoms with Gasteiger partial charge < -0.3 is 20.2 Å². The van der Waals surface area contributed by atoms with Crippen LogP contribution in [0.2, 0.25) is 0 Å². The van der Waals surface area contributed by atoms with Crippen LogP contribution in [0.1, 0.15) is 31.1 Å². The lowest BCUT2D eigenvalue weighted by Crippen LogP contribution is -2.14. The van der Waals surface area contributed by atoms with Gasteiger partial charge in [0.1, 0.15) is 17.3 Å². The summed E-state index contributed by atoms with van der Waals surface area (Å²) < 4.78 is 10.8. The van der Waals surface area contributed by atoms with E-state index in [9.17, 15) is 0 Å². The molecule has 1 aliphatic heterocycles. The Morgan fingerprint density at radius 1 is 1.33 bits per heavy atom. The summed E-state index contributed by atoms with van der Waals surface area (Å²) in [7, 11) is 1.55. The van der Waals surface area contributed by atoms with E-state index >= 15 is 0 Å². The van der Waals surface area contributed by atoms with Gasteiger partial charge in [0.2, 0.25) is 5.95 Å². The van der Waals surface area contributed by atoms with Gasteiger partial charge in [-0.25, -0.2) is 4.98 Å². The highest BCUT2D eigenvalue weighted by atomic mass is 16.5. The van der Waals surface area contributed by atoms with Crippen molar-refractivity contribution in [2.75, 3.05) is 19.5 Å². The summed E-state index contributed by atoms with van der Waals surface area (Å²) in [6, 6.07) is 0.405. The van der Waals surface area contributed by atoms with Crippen molar-refractivity contribution in [1.29, 1.82) is 0 Å². The molecule has 0 radical (unpaired) electrons. The first kappa shape index (κ1) is 11.2. The largest absolute Gasteiger partial charge is 0.468 e. The van der Waals surface area contributed by atoms with Crippen molar-refractivity contribution in [2.45, 2.75) is 25.4 Å². The van der Waals surface area contributed by atoms with E-state index in [2.05, 4.69) is 19.9 Å². The van der Waals surface area contributed by atoms with Crippen LogP contribution in [0.4, 0.5) is 5.95 Å². The van der Waals surface area contributed by atoms with E-state index < -0.39 is 0 Å². The molecule has 7 heteroatoms. The standard InChI is InChI=1S/C11H15N5O2/c1-17-11-14-8-7(6-4-2-3-5-18-6)13-10(12)15-9(8)16-11/h6H,2-5H2,1H3,(H3,12,13,14,15,16). The minimum absolute atomic E-state index is 0.0447. The number of aromatic amines is 1. The third kappa shape index (κ3) is 1.86. The Bertz CT molecular complexity index is 562. The number of nitrogens with two attached hydrogens (primary N) is 1. The predicted molar refractivity (Wildman–Crippen MR) is 65.2 cm³/mol. The molecule has 0 amide bonds. The topological polar surface area (TPSA) is 98.9 Å². The number of nitrogens with one attached hydrogen (secondary N) is 1. The molecule has 0 aromatic carbocycles. The summed E-state index contributed by atoms with van der Waals surface area (Å²) in [4.78, 5) is 15.6. The van der Waals surface area contributed by atoms with Crippen LogP contribution in [0.15, 0.2) is 0 Å². The number of nitrogens with zero attached hydrogens (tertiary/aromatic N) is 3. The van der Waals surface area contributed by atoms with Crippen molar-refractivity contribution in [1.82, 2.24) is 19.9 Å². The van der Waals surface area contributed by atoms with Crippen LogP contribution in [0.25, 0.3) is 11.2 Å². The van der Waals surface area contributed by atoms with Crippen LogP contribution in [-0.2, 0) is 4.74 Å². The van der Waals surface area contributed by atoms with E-state index in [0.29, 0.717) is 11.7 Å². The molecule has 3 N–H and O–H groups in total. The fourth-order valence-electron chi connectivity index (χ4n) is 2.20. The second kappa shape index (κ2) is 4.41. The van der Waals surface area contributed by atoms with Crippen molar-refractivity contribution in [3.63, 3.8) is 0 Å². The Morgan fingerprint density at radius 2 is 2.22 bits per heavy atom. The van der Waals surface area contributed by atoms with Crippen molar-refractivity contribution in [3.8, 4) is 6.01 Å². The predicted octanol–water partition coefficient (Wildman–Crippen LogP) is 1.19. The number of hydrogen-bond acceptors (Lipinski definition) is 6. The Labute approximate surface area is 104 Å². The molecule has 2 aromatic heterocycles. The lowest BCUT2D eigenvalue weighted by atomic mass is 10.1. The summed E-state index contributed by atoms with van der Waals surface area (Å²) in [5.74, 6) is 0.209. The lowest BCUT2D eigenvalue weighted by Gasteiger charge is -2.22. The van der Waals surface area contributed by atoms with Gasteiger partial charge in [-0.15, -0.1) is 0 Å². The summed E-state index contributed by atoms with van der Waals surface area (Å²) >= 11 is 0. The van der Waals surface area contributed by atoms with Crippen molar-refractivity contribution in [2.24, 2.45) is 0 Å². The normalized spacial score (nSPS) is 20.2. The molecule has 1 unspecified atom stereocenters. The van der Waals surface area contributed by atoms with Crippen LogP contribution in [0, 0.1) is 0 Å². The number of H-pyrrole nitrogens is 1. The zero-order valence-electron chi connectivity index (χ0n) is 10.1. The Kier molecular flexibility index (Phi) is 2.75. The Morgan fingerprint density at radius 3 is 2.94 bits per heavy atom. The van der Waals surface area contributed by atoms with Crippen LogP contribution in [-0.4, -0.2) is 33.7 Å². The SMILES string of the molecule is COc1nc2nc(N)nc(C3CCCCO3)c2[nH]1. The second-order valence-electron chi connectivity index (χ2n) is 4.27.